The summed E-state index contributed by atoms with van der Waals surface area (Å²) in [6.45, 7) is 3.91. The number of nitrogens with two attached hydrogens (primary N) is 1. The Hall–Kier alpha value is -3.09. The normalized spacial score (nSPS) is 15.4. The van der Waals surface area contributed by atoms with Gasteiger partial charge in [-0.05, 0) is 30.3 Å². The predicted molar refractivity (Wildman–Crippen MR) is 111 cm³/mol. The van der Waals surface area contributed by atoms with E-state index in [9.17, 15) is 4.39 Å². The summed E-state index contributed by atoms with van der Waals surface area (Å²) in [6.07, 6.45) is 0.762. The van der Waals surface area contributed by atoms with Crippen molar-refractivity contribution in [2.24, 2.45) is 17.8 Å². The molecule has 28 heavy (non-hydrogen) atoms. The fraction of sp³-hybridized carbons (Fsp3) is 0.333. The molecule has 0 spiro atoms. The van der Waals surface area contributed by atoms with Gasteiger partial charge in [-0.25, -0.2) is 4.39 Å². The van der Waals surface area contributed by atoms with Crippen LogP contribution in [0.15, 0.2) is 53.5 Å². The molecule has 3 aromatic rings. The summed E-state index contributed by atoms with van der Waals surface area (Å²) in [5, 5.41) is 5.78. The van der Waals surface area contributed by atoms with Crippen LogP contribution in [0.1, 0.15) is 5.69 Å². The Morgan fingerprint density at radius 2 is 1.79 bits per heavy atom. The Kier molecular flexibility index (Phi) is 5.14. The van der Waals surface area contributed by atoms with Crippen LogP contribution in [0.3, 0.4) is 0 Å². The van der Waals surface area contributed by atoms with Gasteiger partial charge in [0.25, 0.3) is 0 Å². The molecule has 0 atom stereocenters. The lowest BCUT2D eigenvalue weighted by atomic mass is 10.2. The maximum absolute atomic E-state index is 13.1. The third kappa shape index (κ3) is 3.78. The van der Waals surface area contributed by atoms with Gasteiger partial charge in [0.05, 0.1) is 11.2 Å². The average Bonchev–Trinajstić information content (AvgIpc) is 3.05. The number of hydrogen-bond donors (Lipinski definition) is 1. The molecule has 1 aliphatic rings. The number of piperazine rings is 1. The number of fused-ring (bicyclic) bond motifs is 1. The molecule has 7 heteroatoms. The van der Waals surface area contributed by atoms with E-state index in [0.29, 0.717) is 12.5 Å². The van der Waals surface area contributed by atoms with E-state index in [2.05, 4.69) is 32.0 Å². The summed E-state index contributed by atoms with van der Waals surface area (Å²) in [6, 6.07) is 14.9. The Labute approximate surface area is 164 Å². The zero-order valence-corrected chi connectivity index (χ0v) is 16.1. The van der Waals surface area contributed by atoms with E-state index in [-0.39, 0.29) is 5.82 Å². The maximum atomic E-state index is 13.1. The molecule has 2 aromatic carbocycles. The van der Waals surface area contributed by atoms with E-state index < -0.39 is 0 Å². The third-order valence-electron chi connectivity index (χ3n) is 5.25. The molecule has 0 amide bonds. The first-order valence-corrected chi connectivity index (χ1v) is 9.58. The molecule has 0 saturated carbocycles. The fourth-order valence-corrected chi connectivity index (χ4v) is 3.70. The van der Waals surface area contributed by atoms with Gasteiger partial charge in [-0.15, -0.1) is 0 Å². The molecule has 1 saturated heterocycles. The highest BCUT2D eigenvalue weighted by atomic mass is 19.1. The number of halogens is 1. The van der Waals surface area contributed by atoms with Gasteiger partial charge in [0.15, 0.2) is 5.96 Å². The average molecular weight is 380 g/mol. The second-order valence-electron chi connectivity index (χ2n) is 7.03. The number of nitrogens with zero attached hydrogens (tertiary/aromatic N) is 5. The monoisotopic (exact) mass is 380 g/mol. The van der Waals surface area contributed by atoms with Crippen LogP contribution in [0.4, 0.5) is 10.1 Å². The molecular formula is C21H25FN6. The number of para-hydroxylation sites is 1. The Bertz CT molecular complexity index is 970. The lowest BCUT2D eigenvalue weighted by Gasteiger charge is -2.36. The molecule has 0 bridgehead atoms. The highest BCUT2D eigenvalue weighted by Gasteiger charge is 2.18. The van der Waals surface area contributed by atoms with Gasteiger partial charge in [0.2, 0.25) is 0 Å². The summed E-state index contributed by atoms with van der Waals surface area (Å²) in [7, 11) is 1.96. The maximum Gasteiger partial charge on any atom is 0.191 e. The van der Waals surface area contributed by atoms with Crippen LogP contribution in [0.2, 0.25) is 0 Å². The van der Waals surface area contributed by atoms with Crippen molar-refractivity contribution in [1.29, 1.82) is 0 Å². The number of guanidine groups is 1. The molecule has 1 aliphatic heterocycles. The smallest absolute Gasteiger partial charge is 0.191 e. The highest BCUT2D eigenvalue weighted by molar-refractivity contribution is 5.82. The molecule has 0 radical (unpaired) electrons. The molecule has 1 aromatic heterocycles. The number of aryl methyl sites for hydroxylation is 1. The van der Waals surface area contributed by atoms with E-state index >= 15 is 0 Å². The van der Waals surface area contributed by atoms with Crippen LogP contribution >= 0.6 is 0 Å². The standard InChI is InChI=1S/C21H25FN6/c1-26-20-5-3-2-4-18(20)19(25-26)10-11-24-21(23)28-14-12-27(13-15-28)17-8-6-16(22)7-9-17/h2-9H,10-15H2,1H3,(H2,23,24). The van der Waals surface area contributed by atoms with E-state index in [1.807, 2.05) is 36.0 Å². The van der Waals surface area contributed by atoms with Crippen molar-refractivity contribution in [3.05, 3.63) is 60.0 Å². The zero-order valence-electron chi connectivity index (χ0n) is 16.1. The van der Waals surface area contributed by atoms with Gasteiger partial charge < -0.3 is 15.5 Å². The SMILES string of the molecule is Cn1nc(CCN=C(N)N2CCN(c3ccc(F)cc3)CC2)c2ccccc21. The van der Waals surface area contributed by atoms with Crippen molar-refractivity contribution >= 4 is 22.5 Å². The molecule has 4 rings (SSSR count). The summed E-state index contributed by atoms with van der Waals surface area (Å²) in [5.74, 6) is 0.374. The largest absolute Gasteiger partial charge is 0.370 e. The van der Waals surface area contributed by atoms with Crippen LogP contribution in [0.25, 0.3) is 10.9 Å². The van der Waals surface area contributed by atoms with Gasteiger partial charge in [-0.3, -0.25) is 9.67 Å². The van der Waals surface area contributed by atoms with E-state index in [1.165, 1.54) is 17.5 Å². The lowest BCUT2D eigenvalue weighted by Crippen LogP contribution is -2.51. The topological polar surface area (TPSA) is 62.7 Å². The van der Waals surface area contributed by atoms with E-state index in [0.717, 1.165) is 49.5 Å². The number of hydrogen-bond acceptors (Lipinski definition) is 3. The van der Waals surface area contributed by atoms with Crippen molar-refractivity contribution in [3.63, 3.8) is 0 Å². The molecule has 2 N–H and O–H groups in total. The Morgan fingerprint density at radius 3 is 2.54 bits per heavy atom. The van der Waals surface area contributed by atoms with Gasteiger partial charge in [0, 0.05) is 57.3 Å². The molecule has 2 heterocycles. The van der Waals surface area contributed by atoms with Crippen LogP contribution in [0.5, 0.6) is 0 Å². The number of rotatable bonds is 4. The quantitative estimate of drug-likeness (QED) is 0.558. The second-order valence-corrected chi connectivity index (χ2v) is 7.03. The zero-order chi connectivity index (χ0) is 19.5. The molecule has 0 unspecified atom stereocenters. The molecule has 6 nitrogen and oxygen atoms in total. The van der Waals surface area contributed by atoms with E-state index in [1.54, 1.807) is 0 Å². The van der Waals surface area contributed by atoms with Crippen LogP contribution in [-0.4, -0.2) is 53.4 Å². The van der Waals surface area contributed by atoms with Crippen molar-refractivity contribution in [3.8, 4) is 0 Å². The predicted octanol–water partition coefficient (Wildman–Crippen LogP) is 2.39. The minimum absolute atomic E-state index is 0.209. The molecule has 0 aliphatic carbocycles. The fourth-order valence-electron chi connectivity index (χ4n) is 3.70. The van der Waals surface area contributed by atoms with Gasteiger partial charge in [0.1, 0.15) is 5.82 Å². The number of anilines is 1. The van der Waals surface area contributed by atoms with Crippen LogP contribution in [0, 0.1) is 5.82 Å². The van der Waals surface area contributed by atoms with Gasteiger partial charge in [-0.1, -0.05) is 18.2 Å². The molecule has 146 valence electrons. The van der Waals surface area contributed by atoms with Gasteiger partial charge >= 0.3 is 0 Å². The third-order valence-corrected chi connectivity index (χ3v) is 5.25. The van der Waals surface area contributed by atoms with Crippen molar-refractivity contribution < 1.29 is 4.39 Å². The molecular weight excluding hydrogens is 355 g/mol. The first-order chi connectivity index (χ1) is 13.6. The van der Waals surface area contributed by atoms with Crippen LogP contribution in [-0.2, 0) is 13.5 Å². The van der Waals surface area contributed by atoms with Crippen molar-refractivity contribution in [2.75, 3.05) is 37.6 Å². The minimum atomic E-state index is -0.209. The Balaban J connectivity index is 1.33. The summed E-state index contributed by atoms with van der Waals surface area (Å²) in [4.78, 5) is 8.92. The van der Waals surface area contributed by atoms with Crippen molar-refractivity contribution in [1.82, 2.24) is 14.7 Å². The summed E-state index contributed by atoms with van der Waals surface area (Å²) < 4.78 is 15.0. The minimum Gasteiger partial charge on any atom is -0.370 e. The summed E-state index contributed by atoms with van der Waals surface area (Å²) in [5.41, 5.74) is 9.44. The van der Waals surface area contributed by atoms with Crippen LogP contribution < -0.4 is 10.6 Å². The number of aromatic nitrogens is 2. The highest BCUT2D eigenvalue weighted by Crippen LogP contribution is 2.18. The lowest BCUT2D eigenvalue weighted by molar-refractivity contribution is 0.381. The number of aliphatic imine (C=N–C) groups is 1. The van der Waals surface area contributed by atoms with Crippen molar-refractivity contribution in [2.45, 2.75) is 6.42 Å². The van der Waals surface area contributed by atoms with E-state index in [4.69, 9.17) is 5.73 Å². The number of benzene rings is 2. The first kappa shape index (κ1) is 18.3. The second kappa shape index (κ2) is 7.88. The van der Waals surface area contributed by atoms with Gasteiger partial charge in [-0.2, -0.15) is 5.10 Å². The molecule has 1 fully saturated rings. The Morgan fingerprint density at radius 1 is 1.07 bits per heavy atom. The first-order valence-electron chi connectivity index (χ1n) is 9.58. The summed E-state index contributed by atoms with van der Waals surface area (Å²) >= 11 is 0.